The third-order valence-corrected chi connectivity index (χ3v) is 1.81. The van der Waals surface area contributed by atoms with Crippen LogP contribution in [0, 0.1) is 24.1 Å². The number of nitriles is 1. The number of halogens is 1. The van der Waals surface area contributed by atoms with Crippen LogP contribution < -0.4 is 0 Å². The van der Waals surface area contributed by atoms with Gasteiger partial charge in [-0.3, -0.25) is 0 Å². The monoisotopic (exact) mass is 178 g/mol. The van der Waals surface area contributed by atoms with Crippen LogP contribution in [0.25, 0.3) is 0 Å². The maximum absolute atomic E-state index is 13.3. The van der Waals surface area contributed by atoms with Gasteiger partial charge in [-0.05, 0) is 18.6 Å². The summed E-state index contributed by atoms with van der Waals surface area (Å²) in [7, 11) is 0. The van der Waals surface area contributed by atoms with Gasteiger partial charge in [0.05, 0.1) is 12.2 Å². The van der Waals surface area contributed by atoms with Gasteiger partial charge in [-0.15, -0.1) is 0 Å². The number of nitrogens with zero attached hydrogens (tertiary/aromatic N) is 1. The molecule has 0 aliphatic carbocycles. The summed E-state index contributed by atoms with van der Waals surface area (Å²) in [5.74, 6) is -1.10. The van der Waals surface area contributed by atoms with E-state index in [0.29, 0.717) is 0 Å². The first kappa shape index (κ1) is 9.69. The molecule has 0 saturated heterocycles. The molecule has 0 aliphatic rings. The van der Waals surface area contributed by atoms with E-state index < -0.39 is 11.7 Å². The standard InChI is InChI=1S/C10H9FNO/c1-7(6-13)9-4-2-3-8(5-12)10(9)11/h2-4,7,13H,1,6H2. The molecule has 0 spiro atoms. The summed E-state index contributed by atoms with van der Waals surface area (Å²) >= 11 is 0. The van der Waals surface area contributed by atoms with Crippen LogP contribution in [0.4, 0.5) is 4.39 Å². The lowest BCUT2D eigenvalue weighted by Gasteiger charge is -2.09. The molecule has 1 N–H and O–H groups in total. The van der Waals surface area contributed by atoms with Crippen molar-refractivity contribution < 1.29 is 9.50 Å². The molecule has 0 aromatic heterocycles. The molecule has 1 rings (SSSR count). The van der Waals surface area contributed by atoms with Crippen molar-refractivity contribution in [1.82, 2.24) is 0 Å². The SMILES string of the molecule is [CH2]C(CO)c1cccc(C#N)c1F. The zero-order chi connectivity index (χ0) is 9.84. The Labute approximate surface area is 76.2 Å². The van der Waals surface area contributed by atoms with Crippen molar-refractivity contribution in [2.75, 3.05) is 6.61 Å². The first-order valence-electron chi connectivity index (χ1n) is 3.83. The number of benzene rings is 1. The number of hydrogen-bond donors (Lipinski definition) is 1. The smallest absolute Gasteiger partial charge is 0.144 e. The second kappa shape index (κ2) is 4.01. The molecule has 2 nitrogen and oxygen atoms in total. The maximum Gasteiger partial charge on any atom is 0.144 e. The fourth-order valence-electron chi connectivity index (χ4n) is 1.05. The molecule has 3 heteroatoms. The number of rotatable bonds is 2. The second-order valence-electron chi connectivity index (χ2n) is 2.70. The Morgan fingerprint density at radius 1 is 1.62 bits per heavy atom. The predicted molar refractivity (Wildman–Crippen MR) is 46.3 cm³/mol. The molecule has 1 aromatic rings. The minimum Gasteiger partial charge on any atom is -0.396 e. The van der Waals surface area contributed by atoms with Crippen LogP contribution in [0.15, 0.2) is 18.2 Å². The predicted octanol–water partition coefficient (Wildman–Crippen LogP) is 1.61. The molecule has 1 aromatic carbocycles. The molecule has 1 unspecified atom stereocenters. The summed E-state index contributed by atoms with van der Waals surface area (Å²) in [6, 6.07) is 6.21. The average Bonchev–Trinajstić information content (AvgIpc) is 2.17. The lowest BCUT2D eigenvalue weighted by atomic mass is 9.99. The van der Waals surface area contributed by atoms with E-state index in [9.17, 15) is 4.39 Å². The summed E-state index contributed by atoms with van der Waals surface area (Å²) in [6.45, 7) is 3.33. The van der Waals surface area contributed by atoms with E-state index in [0.717, 1.165) is 0 Å². The van der Waals surface area contributed by atoms with Crippen molar-refractivity contribution >= 4 is 0 Å². The summed E-state index contributed by atoms with van der Waals surface area (Å²) < 4.78 is 13.3. The van der Waals surface area contributed by atoms with Gasteiger partial charge in [0.25, 0.3) is 0 Å². The Balaban J connectivity index is 3.17. The number of aliphatic hydroxyl groups is 1. The first-order chi connectivity index (χ1) is 6.20. The number of aliphatic hydroxyl groups excluding tert-OH is 1. The third kappa shape index (κ3) is 1.85. The van der Waals surface area contributed by atoms with Crippen molar-refractivity contribution in [3.63, 3.8) is 0 Å². The highest BCUT2D eigenvalue weighted by Crippen LogP contribution is 2.20. The van der Waals surface area contributed by atoms with Gasteiger partial charge in [-0.1, -0.05) is 12.1 Å². The van der Waals surface area contributed by atoms with Gasteiger partial charge >= 0.3 is 0 Å². The minimum absolute atomic E-state index is 0.0143. The van der Waals surface area contributed by atoms with E-state index >= 15 is 0 Å². The summed E-state index contributed by atoms with van der Waals surface area (Å²) in [6.07, 6.45) is 0. The molecule has 0 amide bonds. The Bertz CT molecular complexity index is 343. The zero-order valence-corrected chi connectivity index (χ0v) is 7.00. The average molecular weight is 178 g/mol. The zero-order valence-electron chi connectivity index (χ0n) is 7.00. The van der Waals surface area contributed by atoms with Gasteiger partial charge in [0.1, 0.15) is 11.9 Å². The van der Waals surface area contributed by atoms with Crippen molar-refractivity contribution in [2.45, 2.75) is 5.92 Å². The van der Waals surface area contributed by atoms with Crippen molar-refractivity contribution in [1.29, 1.82) is 5.26 Å². The van der Waals surface area contributed by atoms with Gasteiger partial charge in [-0.25, -0.2) is 4.39 Å². The van der Waals surface area contributed by atoms with E-state index in [1.54, 1.807) is 12.1 Å². The van der Waals surface area contributed by atoms with E-state index in [1.165, 1.54) is 12.1 Å². The fraction of sp³-hybridized carbons (Fsp3) is 0.200. The molecular weight excluding hydrogens is 169 g/mol. The Kier molecular flexibility index (Phi) is 2.99. The summed E-state index contributed by atoms with van der Waals surface area (Å²) in [4.78, 5) is 0. The quantitative estimate of drug-likeness (QED) is 0.747. The van der Waals surface area contributed by atoms with Crippen molar-refractivity contribution in [3.8, 4) is 6.07 Å². The summed E-state index contributed by atoms with van der Waals surface area (Å²) in [5, 5.41) is 17.3. The van der Waals surface area contributed by atoms with E-state index in [4.69, 9.17) is 10.4 Å². The van der Waals surface area contributed by atoms with Crippen LogP contribution >= 0.6 is 0 Å². The topological polar surface area (TPSA) is 44.0 Å². The summed E-state index contributed by atoms with van der Waals surface area (Å²) in [5.41, 5.74) is 0.265. The minimum atomic E-state index is -0.584. The first-order valence-corrected chi connectivity index (χ1v) is 3.83. The molecule has 0 aliphatic heterocycles. The normalized spacial score (nSPS) is 12.2. The van der Waals surface area contributed by atoms with Crippen molar-refractivity contribution in [2.24, 2.45) is 0 Å². The van der Waals surface area contributed by atoms with Crippen LogP contribution in [-0.2, 0) is 0 Å². The highest BCUT2D eigenvalue weighted by molar-refractivity contribution is 5.36. The molecule has 0 heterocycles. The highest BCUT2D eigenvalue weighted by atomic mass is 19.1. The maximum atomic E-state index is 13.3. The Hall–Kier alpha value is -1.40. The van der Waals surface area contributed by atoms with Crippen molar-refractivity contribution in [3.05, 3.63) is 42.1 Å². The molecule has 1 radical (unpaired) electrons. The largest absolute Gasteiger partial charge is 0.396 e. The van der Waals surface area contributed by atoms with Crippen LogP contribution in [0.1, 0.15) is 17.0 Å². The highest BCUT2D eigenvalue weighted by Gasteiger charge is 2.12. The number of hydrogen-bond acceptors (Lipinski definition) is 2. The molecule has 0 saturated carbocycles. The van der Waals surface area contributed by atoms with Gasteiger partial charge in [0, 0.05) is 5.92 Å². The van der Waals surface area contributed by atoms with Crippen LogP contribution in [0.5, 0.6) is 0 Å². The Morgan fingerprint density at radius 3 is 2.85 bits per heavy atom. The fourth-order valence-corrected chi connectivity index (χ4v) is 1.05. The molecule has 13 heavy (non-hydrogen) atoms. The third-order valence-electron chi connectivity index (χ3n) is 1.81. The Morgan fingerprint density at radius 2 is 2.31 bits per heavy atom. The lowest BCUT2D eigenvalue weighted by molar-refractivity contribution is 0.280. The molecule has 67 valence electrons. The van der Waals surface area contributed by atoms with Gasteiger partial charge in [-0.2, -0.15) is 5.26 Å². The van der Waals surface area contributed by atoms with E-state index in [2.05, 4.69) is 6.92 Å². The molecular formula is C10H9FNO. The lowest BCUT2D eigenvalue weighted by Crippen LogP contribution is -2.03. The van der Waals surface area contributed by atoms with Crippen LogP contribution in [-0.4, -0.2) is 11.7 Å². The van der Waals surface area contributed by atoms with Gasteiger partial charge < -0.3 is 5.11 Å². The van der Waals surface area contributed by atoms with Crippen LogP contribution in [0.2, 0.25) is 0 Å². The van der Waals surface area contributed by atoms with Crippen LogP contribution in [0.3, 0.4) is 0 Å². The van der Waals surface area contributed by atoms with E-state index in [1.807, 2.05) is 0 Å². The molecule has 0 fully saturated rings. The van der Waals surface area contributed by atoms with E-state index in [-0.39, 0.29) is 17.7 Å². The molecule has 0 bridgehead atoms. The van der Waals surface area contributed by atoms with Gasteiger partial charge in [0.15, 0.2) is 0 Å². The van der Waals surface area contributed by atoms with Gasteiger partial charge in [0.2, 0.25) is 0 Å². The molecule has 1 atom stereocenters. The second-order valence-corrected chi connectivity index (χ2v) is 2.70.